The Morgan fingerprint density at radius 3 is 2.54 bits per heavy atom. The first-order valence-corrected chi connectivity index (χ1v) is 10.6. The molecule has 5 nitrogen and oxygen atoms in total. The van der Waals surface area contributed by atoms with E-state index in [2.05, 4.69) is 31.0 Å². The molecule has 0 aliphatic carbocycles. The molecule has 0 radical (unpaired) electrons. The van der Waals surface area contributed by atoms with Gasteiger partial charge < -0.3 is 4.74 Å². The molecule has 0 saturated carbocycles. The minimum atomic E-state index is -0.660. The molecule has 0 aliphatic rings. The number of benzene rings is 1. The van der Waals surface area contributed by atoms with Crippen LogP contribution in [0.15, 0.2) is 40.8 Å². The lowest BCUT2D eigenvalue weighted by Crippen LogP contribution is -2.31. The lowest BCUT2D eigenvalue weighted by Gasteiger charge is -2.16. The number of ether oxygens (including phenoxy) is 1. The van der Waals surface area contributed by atoms with Gasteiger partial charge in [0.05, 0.1) is 18.3 Å². The molecule has 3 rings (SSSR count). The Morgan fingerprint density at radius 2 is 1.93 bits per heavy atom. The zero-order valence-corrected chi connectivity index (χ0v) is 17.6. The highest BCUT2D eigenvalue weighted by Gasteiger charge is 2.23. The number of hydrogen-bond acceptors (Lipinski definition) is 5. The van der Waals surface area contributed by atoms with E-state index in [-0.39, 0.29) is 11.5 Å². The standard InChI is InChI=1S/C22H26N2O3S/c1-5-11-27-22(26)18(6-2)24-13-23-20-19(21(24)25)17(12-28-20)16-9-7-15(8-10-16)14(3)4/h7-10,12-14,18H,5-6,11H2,1-4H3. The van der Waals surface area contributed by atoms with E-state index in [1.165, 1.54) is 27.8 Å². The van der Waals surface area contributed by atoms with Crippen molar-refractivity contribution in [1.29, 1.82) is 0 Å². The van der Waals surface area contributed by atoms with Crippen molar-refractivity contribution < 1.29 is 9.53 Å². The zero-order valence-electron chi connectivity index (χ0n) is 16.8. The number of hydrogen-bond donors (Lipinski definition) is 0. The average molecular weight is 399 g/mol. The maximum Gasteiger partial charge on any atom is 0.329 e. The van der Waals surface area contributed by atoms with Crippen LogP contribution in [0.2, 0.25) is 0 Å². The van der Waals surface area contributed by atoms with Gasteiger partial charge >= 0.3 is 5.97 Å². The fraction of sp³-hybridized carbons (Fsp3) is 0.409. The van der Waals surface area contributed by atoms with Gasteiger partial charge in [0.25, 0.3) is 5.56 Å². The van der Waals surface area contributed by atoms with E-state index in [1.54, 1.807) is 0 Å². The minimum Gasteiger partial charge on any atom is -0.464 e. The van der Waals surface area contributed by atoms with Crippen LogP contribution >= 0.6 is 11.3 Å². The summed E-state index contributed by atoms with van der Waals surface area (Å²) in [6, 6.07) is 7.61. The van der Waals surface area contributed by atoms with Crippen molar-refractivity contribution in [3.05, 3.63) is 51.9 Å². The maximum atomic E-state index is 13.3. The van der Waals surface area contributed by atoms with Crippen LogP contribution in [0.4, 0.5) is 0 Å². The molecule has 148 valence electrons. The molecule has 0 fully saturated rings. The van der Waals surface area contributed by atoms with Gasteiger partial charge in [-0.3, -0.25) is 9.36 Å². The maximum absolute atomic E-state index is 13.3. The highest BCUT2D eigenvalue weighted by molar-refractivity contribution is 7.17. The summed E-state index contributed by atoms with van der Waals surface area (Å²) in [6.07, 6.45) is 2.68. The quantitative estimate of drug-likeness (QED) is 0.516. The molecule has 0 bridgehead atoms. The van der Waals surface area contributed by atoms with Gasteiger partial charge in [-0.1, -0.05) is 52.0 Å². The molecule has 28 heavy (non-hydrogen) atoms. The van der Waals surface area contributed by atoms with Crippen molar-refractivity contribution in [2.45, 2.75) is 52.5 Å². The molecule has 6 heteroatoms. The van der Waals surface area contributed by atoms with Crippen molar-refractivity contribution >= 4 is 27.5 Å². The smallest absolute Gasteiger partial charge is 0.329 e. The first-order valence-electron chi connectivity index (χ1n) is 9.73. The molecule has 1 unspecified atom stereocenters. The second-order valence-electron chi connectivity index (χ2n) is 7.15. The molecule has 2 aromatic heterocycles. The van der Waals surface area contributed by atoms with E-state index in [9.17, 15) is 9.59 Å². The van der Waals surface area contributed by atoms with Crippen LogP contribution in [-0.4, -0.2) is 22.1 Å². The molecule has 1 aromatic carbocycles. The Bertz CT molecular complexity index is 1020. The van der Waals surface area contributed by atoms with E-state index in [1.807, 2.05) is 31.4 Å². The average Bonchev–Trinajstić information content (AvgIpc) is 3.13. The lowest BCUT2D eigenvalue weighted by atomic mass is 9.99. The molecule has 0 aliphatic heterocycles. The van der Waals surface area contributed by atoms with Gasteiger partial charge in [0.2, 0.25) is 0 Å². The van der Waals surface area contributed by atoms with Gasteiger partial charge in [-0.25, -0.2) is 9.78 Å². The number of thiophene rings is 1. The molecule has 0 N–H and O–H groups in total. The van der Waals surface area contributed by atoms with Crippen LogP contribution in [0.25, 0.3) is 21.3 Å². The van der Waals surface area contributed by atoms with Gasteiger partial charge in [0, 0.05) is 10.9 Å². The number of nitrogens with zero attached hydrogens (tertiary/aromatic N) is 2. The van der Waals surface area contributed by atoms with Gasteiger partial charge in [-0.05, 0) is 29.9 Å². The first-order chi connectivity index (χ1) is 13.5. The van der Waals surface area contributed by atoms with Crippen molar-refractivity contribution in [2.75, 3.05) is 6.61 Å². The number of esters is 1. The minimum absolute atomic E-state index is 0.200. The zero-order chi connectivity index (χ0) is 20.3. The molecule has 0 amide bonds. The normalized spacial score (nSPS) is 12.5. The third-order valence-electron chi connectivity index (χ3n) is 4.85. The third-order valence-corrected chi connectivity index (χ3v) is 5.74. The first kappa shape index (κ1) is 20.3. The van der Waals surface area contributed by atoms with Crippen LogP contribution in [0, 0.1) is 0 Å². The van der Waals surface area contributed by atoms with Crippen LogP contribution in [-0.2, 0) is 9.53 Å². The van der Waals surface area contributed by atoms with E-state index in [0.717, 1.165) is 17.5 Å². The SMILES string of the molecule is CCCOC(=O)C(CC)n1cnc2scc(-c3ccc(C(C)C)cc3)c2c1=O. The summed E-state index contributed by atoms with van der Waals surface area (Å²) in [5.41, 5.74) is 2.89. The summed E-state index contributed by atoms with van der Waals surface area (Å²) in [6.45, 7) is 8.47. The van der Waals surface area contributed by atoms with Crippen LogP contribution in [0.3, 0.4) is 0 Å². The second kappa shape index (κ2) is 8.69. The summed E-state index contributed by atoms with van der Waals surface area (Å²) in [5, 5.41) is 2.52. The number of carbonyl (C=O) groups is 1. The molecule has 0 spiro atoms. The van der Waals surface area contributed by atoms with Crippen LogP contribution < -0.4 is 5.56 Å². The molecule has 3 aromatic rings. The number of fused-ring (bicyclic) bond motifs is 1. The Kier molecular flexibility index (Phi) is 6.29. The predicted molar refractivity (Wildman–Crippen MR) is 114 cm³/mol. The predicted octanol–water partition coefficient (Wildman–Crippen LogP) is 5.15. The Hall–Kier alpha value is -2.47. The summed E-state index contributed by atoms with van der Waals surface area (Å²) >= 11 is 1.44. The van der Waals surface area contributed by atoms with Crippen LogP contribution in [0.5, 0.6) is 0 Å². The summed E-state index contributed by atoms with van der Waals surface area (Å²) in [7, 11) is 0. The Balaban J connectivity index is 2.07. The fourth-order valence-electron chi connectivity index (χ4n) is 3.20. The Morgan fingerprint density at radius 1 is 1.21 bits per heavy atom. The lowest BCUT2D eigenvalue weighted by molar-refractivity contribution is -0.147. The van der Waals surface area contributed by atoms with Gasteiger partial charge in [-0.2, -0.15) is 0 Å². The van der Waals surface area contributed by atoms with Gasteiger partial charge in [0.15, 0.2) is 0 Å². The van der Waals surface area contributed by atoms with E-state index >= 15 is 0 Å². The largest absolute Gasteiger partial charge is 0.464 e. The number of carbonyl (C=O) groups excluding carboxylic acids is 1. The molecular weight excluding hydrogens is 372 g/mol. The van der Waals surface area contributed by atoms with Crippen LogP contribution in [0.1, 0.15) is 58.1 Å². The van der Waals surface area contributed by atoms with Gasteiger partial charge in [-0.15, -0.1) is 11.3 Å². The molecule has 2 heterocycles. The van der Waals surface area contributed by atoms with Gasteiger partial charge in [0.1, 0.15) is 10.9 Å². The molecule has 1 atom stereocenters. The summed E-state index contributed by atoms with van der Waals surface area (Å²) in [5.74, 6) is 0.0669. The monoisotopic (exact) mass is 398 g/mol. The highest BCUT2D eigenvalue weighted by Crippen LogP contribution is 2.32. The van der Waals surface area contributed by atoms with Crippen molar-refractivity contribution in [2.24, 2.45) is 0 Å². The van der Waals surface area contributed by atoms with Crippen molar-refractivity contribution in [1.82, 2.24) is 9.55 Å². The van der Waals surface area contributed by atoms with Crippen molar-refractivity contribution in [3.63, 3.8) is 0 Å². The highest BCUT2D eigenvalue weighted by atomic mass is 32.1. The molecular formula is C22H26N2O3S. The number of aromatic nitrogens is 2. The fourth-order valence-corrected chi connectivity index (χ4v) is 4.11. The second-order valence-corrected chi connectivity index (χ2v) is 8.01. The van der Waals surface area contributed by atoms with E-state index in [4.69, 9.17) is 4.74 Å². The van der Waals surface area contributed by atoms with E-state index in [0.29, 0.717) is 29.2 Å². The third kappa shape index (κ3) is 3.87. The number of rotatable bonds is 7. The molecule has 0 saturated heterocycles. The summed E-state index contributed by atoms with van der Waals surface area (Å²) < 4.78 is 6.69. The van der Waals surface area contributed by atoms with Crippen molar-refractivity contribution in [3.8, 4) is 11.1 Å². The topological polar surface area (TPSA) is 61.2 Å². The Labute approximate surface area is 169 Å². The van der Waals surface area contributed by atoms with E-state index < -0.39 is 6.04 Å². The summed E-state index contributed by atoms with van der Waals surface area (Å²) in [4.78, 5) is 30.8.